The van der Waals surface area contributed by atoms with Crippen molar-refractivity contribution in [3.8, 4) is 5.75 Å². The molecule has 4 nitrogen and oxygen atoms in total. The van der Waals surface area contributed by atoms with Gasteiger partial charge in [-0.25, -0.2) is 4.98 Å². The molecular weight excluding hydrogens is 190 g/mol. The van der Waals surface area contributed by atoms with E-state index in [1.165, 1.54) is 0 Å². The first-order valence-electron chi connectivity index (χ1n) is 4.59. The number of nitrogen functional groups attached to an aromatic ring is 1. The number of ether oxygens (including phenoxy) is 1. The minimum absolute atomic E-state index is 0.400. The Morgan fingerprint density at radius 1 is 1.20 bits per heavy atom. The Morgan fingerprint density at radius 3 is 2.87 bits per heavy atom. The van der Waals surface area contributed by atoms with E-state index >= 15 is 0 Å². The first-order chi connectivity index (χ1) is 7.34. The predicted molar refractivity (Wildman–Crippen MR) is 57.2 cm³/mol. The Balaban J connectivity index is 1.99. The van der Waals surface area contributed by atoms with E-state index in [1.54, 1.807) is 18.5 Å². The van der Waals surface area contributed by atoms with Gasteiger partial charge in [-0.15, -0.1) is 0 Å². The molecule has 2 heterocycles. The first-order valence-corrected chi connectivity index (χ1v) is 4.59. The molecule has 0 bridgehead atoms. The van der Waals surface area contributed by atoms with Crippen molar-refractivity contribution >= 4 is 5.82 Å². The van der Waals surface area contributed by atoms with Gasteiger partial charge in [0.2, 0.25) is 0 Å². The average Bonchev–Trinajstić information content (AvgIpc) is 2.28. The Morgan fingerprint density at radius 2 is 2.13 bits per heavy atom. The Hall–Kier alpha value is -2.10. The minimum atomic E-state index is 0.400. The van der Waals surface area contributed by atoms with Crippen molar-refractivity contribution in [2.24, 2.45) is 0 Å². The molecule has 4 heteroatoms. The number of hydrogen-bond donors (Lipinski definition) is 1. The molecule has 2 aromatic heterocycles. The van der Waals surface area contributed by atoms with E-state index in [1.807, 2.05) is 24.3 Å². The predicted octanol–water partition coefficient (Wildman–Crippen LogP) is 1.64. The van der Waals surface area contributed by atoms with Crippen LogP contribution in [0.1, 0.15) is 5.69 Å². The van der Waals surface area contributed by atoms with Crippen molar-refractivity contribution in [2.75, 3.05) is 5.73 Å². The number of anilines is 1. The lowest BCUT2D eigenvalue weighted by Crippen LogP contribution is -2.00. The maximum atomic E-state index is 5.55. The molecule has 0 radical (unpaired) electrons. The fraction of sp³-hybridized carbons (Fsp3) is 0.0909. The molecule has 0 spiro atoms. The summed E-state index contributed by atoms with van der Waals surface area (Å²) in [7, 11) is 0. The molecule has 15 heavy (non-hydrogen) atoms. The lowest BCUT2D eigenvalue weighted by molar-refractivity contribution is 0.300. The van der Waals surface area contributed by atoms with Gasteiger partial charge in [-0.05, 0) is 24.3 Å². The van der Waals surface area contributed by atoms with E-state index in [4.69, 9.17) is 10.5 Å². The van der Waals surface area contributed by atoms with Crippen LogP contribution in [0.5, 0.6) is 5.75 Å². The minimum Gasteiger partial charge on any atom is -0.486 e. The summed E-state index contributed by atoms with van der Waals surface area (Å²) in [5.74, 6) is 1.23. The third-order valence-corrected chi connectivity index (χ3v) is 1.85. The Kier molecular flexibility index (Phi) is 2.78. The van der Waals surface area contributed by atoms with Crippen molar-refractivity contribution in [3.05, 3.63) is 48.4 Å². The van der Waals surface area contributed by atoms with Crippen LogP contribution in [0.25, 0.3) is 0 Å². The quantitative estimate of drug-likeness (QED) is 0.820. The van der Waals surface area contributed by atoms with Crippen molar-refractivity contribution < 1.29 is 4.74 Å². The van der Waals surface area contributed by atoms with E-state index in [0.717, 1.165) is 11.4 Å². The highest BCUT2D eigenvalue weighted by Crippen LogP contribution is 2.09. The zero-order valence-corrected chi connectivity index (χ0v) is 8.13. The number of hydrogen-bond acceptors (Lipinski definition) is 4. The second-order valence-corrected chi connectivity index (χ2v) is 3.03. The number of pyridine rings is 2. The van der Waals surface area contributed by atoms with E-state index in [-0.39, 0.29) is 0 Å². The second-order valence-electron chi connectivity index (χ2n) is 3.03. The summed E-state index contributed by atoms with van der Waals surface area (Å²) in [5, 5.41) is 0. The molecule has 2 N–H and O–H groups in total. The molecule has 0 aliphatic heterocycles. The summed E-state index contributed by atoms with van der Waals surface area (Å²) in [4.78, 5) is 8.07. The van der Waals surface area contributed by atoms with Crippen LogP contribution in [0.15, 0.2) is 42.7 Å². The molecule has 0 aromatic carbocycles. The highest BCUT2D eigenvalue weighted by Gasteiger charge is 1.96. The van der Waals surface area contributed by atoms with Gasteiger partial charge < -0.3 is 10.5 Å². The molecule has 0 amide bonds. The van der Waals surface area contributed by atoms with Gasteiger partial charge in [0.05, 0.1) is 11.9 Å². The topological polar surface area (TPSA) is 61.0 Å². The fourth-order valence-electron chi connectivity index (χ4n) is 1.17. The molecule has 0 aliphatic carbocycles. The van der Waals surface area contributed by atoms with Crippen LogP contribution >= 0.6 is 0 Å². The molecule has 0 aliphatic rings. The smallest absolute Gasteiger partial charge is 0.138 e. The van der Waals surface area contributed by atoms with Gasteiger partial charge in [0.1, 0.15) is 18.2 Å². The van der Waals surface area contributed by atoms with Crippen LogP contribution in [-0.4, -0.2) is 9.97 Å². The van der Waals surface area contributed by atoms with Crippen LogP contribution in [0.4, 0.5) is 5.82 Å². The summed E-state index contributed by atoms with van der Waals surface area (Å²) >= 11 is 0. The zero-order chi connectivity index (χ0) is 10.5. The van der Waals surface area contributed by atoms with E-state index < -0.39 is 0 Å². The normalized spacial score (nSPS) is 9.87. The number of nitrogens with two attached hydrogens (primary N) is 1. The molecule has 0 unspecified atom stereocenters. The summed E-state index contributed by atoms with van der Waals surface area (Å²) < 4.78 is 5.47. The van der Waals surface area contributed by atoms with Crippen LogP contribution < -0.4 is 10.5 Å². The molecular formula is C11H11N3O. The average molecular weight is 201 g/mol. The standard InChI is InChI=1S/C11H11N3O/c12-11-5-1-3-9(14-11)8-15-10-4-2-6-13-7-10/h1-7H,8H2,(H2,12,14). The van der Waals surface area contributed by atoms with Crippen molar-refractivity contribution in [3.63, 3.8) is 0 Å². The van der Waals surface area contributed by atoms with Crippen molar-refractivity contribution in [1.29, 1.82) is 0 Å². The van der Waals surface area contributed by atoms with E-state index in [9.17, 15) is 0 Å². The molecule has 0 atom stereocenters. The summed E-state index contributed by atoms with van der Waals surface area (Å²) in [6.45, 7) is 0.400. The van der Waals surface area contributed by atoms with Crippen molar-refractivity contribution in [1.82, 2.24) is 9.97 Å². The van der Waals surface area contributed by atoms with Crippen LogP contribution in [0, 0.1) is 0 Å². The van der Waals surface area contributed by atoms with Gasteiger partial charge in [0.25, 0.3) is 0 Å². The number of nitrogens with zero attached hydrogens (tertiary/aromatic N) is 2. The SMILES string of the molecule is Nc1cccc(COc2cccnc2)n1. The Labute approximate surface area is 87.7 Å². The second kappa shape index (κ2) is 4.41. The summed E-state index contributed by atoms with van der Waals surface area (Å²) in [6, 6.07) is 9.13. The molecule has 0 fully saturated rings. The molecule has 76 valence electrons. The van der Waals surface area contributed by atoms with Gasteiger partial charge in [-0.3, -0.25) is 4.98 Å². The first kappa shape index (κ1) is 9.45. The number of aromatic nitrogens is 2. The fourth-order valence-corrected chi connectivity index (χ4v) is 1.17. The van der Waals surface area contributed by atoms with Crippen molar-refractivity contribution in [2.45, 2.75) is 6.61 Å². The summed E-state index contributed by atoms with van der Waals surface area (Å²) in [6.07, 6.45) is 3.36. The van der Waals surface area contributed by atoms with Gasteiger partial charge in [0, 0.05) is 6.20 Å². The monoisotopic (exact) mass is 201 g/mol. The molecule has 0 saturated heterocycles. The largest absolute Gasteiger partial charge is 0.486 e. The molecule has 2 rings (SSSR count). The lowest BCUT2D eigenvalue weighted by atomic mass is 10.3. The zero-order valence-electron chi connectivity index (χ0n) is 8.13. The highest BCUT2D eigenvalue weighted by atomic mass is 16.5. The third kappa shape index (κ3) is 2.67. The molecule has 0 saturated carbocycles. The van der Waals surface area contributed by atoms with E-state index in [2.05, 4.69) is 9.97 Å². The lowest BCUT2D eigenvalue weighted by Gasteiger charge is -2.04. The summed E-state index contributed by atoms with van der Waals surface area (Å²) in [5.41, 5.74) is 6.35. The van der Waals surface area contributed by atoms with Gasteiger partial charge >= 0.3 is 0 Å². The number of rotatable bonds is 3. The van der Waals surface area contributed by atoms with Crippen LogP contribution in [-0.2, 0) is 6.61 Å². The van der Waals surface area contributed by atoms with Gasteiger partial charge in [-0.1, -0.05) is 6.07 Å². The third-order valence-electron chi connectivity index (χ3n) is 1.85. The highest BCUT2D eigenvalue weighted by molar-refractivity contribution is 5.28. The van der Waals surface area contributed by atoms with Crippen LogP contribution in [0.3, 0.4) is 0 Å². The maximum absolute atomic E-state index is 5.55. The van der Waals surface area contributed by atoms with E-state index in [0.29, 0.717) is 12.4 Å². The van der Waals surface area contributed by atoms with Gasteiger partial charge in [0.15, 0.2) is 0 Å². The van der Waals surface area contributed by atoms with Gasteiger partial charge in [-0.2, -0.15) is 0 Å². The molecule has 2 aromatic rings. The van der Waals surface area contributed by atoms with Crippen LogP contribution in [0.2, 0.25) is 0 Å². The maximum Gasteiger partial charge on any atom is 0.138 e. The Bertz CT molecular complexity index is 431.